The highest BCUT2D eigenvalue weighted by Gasteiger charge is 2.22. The Bertz CT molecular complexity index is 852. The van der Waals surface area contributed by atoms with Crippen LogP contribution in [0.4, 0.5) is 10.1 Å². The van der Waals surface area contributed by atoms with E-state index >= 15 is 0 Å². The van der Waals surface area contributed by atoms with E-state index in [2.05, 4.69) is 10.2 Å². The SMILES string of the molecule is CCn1c(CN(c2ccc(F)cc2)S(C)(=O)=O)nnc1SCC(N)=O. The smallest absolute Gasteiger partial charge is 0.232 e. The largest absolute Gasteiger partial charge is 0.369 e. The van der Waals surface area contributed by atoms with E-state index in [0.29, 0.717) is 23.2 Å². The first-order valence-electron chi connectivity index (χ1n) is 7.28. The molecule has 25 heavy (non-hydrogen) atoms. The summed E-state index contributed by atoms with van der Waals surface area (Å²) in [6, 6.07) is 5.13. The van der Waals surface area contributed by atoms with Crippen molar-refractivity contribution in [2.75, 3.05) is 16.3 Å². The first-order valence-corrected chi connectivity index (χ1v) is 10.1. The molecule has 1 aromatic carbocycles. The molecule has 0 saturated heterocycles. The van der Waals surface area contributed by atoms with Crippen LogP contribution in [0.2, 0.25) is 0 Å². The van der Waals surface area contributed by atoms with Crippen LogP contribution in [0.25, 0.3) is 0 Å². The van der Waals surface area contributed by atoms with Gasteiger partial charge in [0.25, 0.3) is 0 Å². The number of carbonyl (C=O) groups excluding carboxylic acids is 1. The maximum atomic E-state index is 13.1. The van der Waals surface area contributed by atoms with Crippen molar-refractivity contribution in [1.29, 1.82) is 0 Å². The molecule has 2 N–H and O–H groups in total. The Morgan fingerprint density at radius 3 is 2.48 bits per heavy atom. The van der Waals surface area contributed by atoms with Crippen LogP contribution < -0.4 is 10.0 Å². The molecular weight excluding hydrogens is 369 g/mol. The number of benzene rings is 1. The maximum absolute atomic E-state index is 13.1. The lowest BCUT2D eigenvalue weighted by molar-refractivity contribution is -0.115. The second-order valence-electron chi connectivity index (χ2n) is 5.14. The summed E-state index contributed by atoms with van der Waals surface area (Å²) in [4.78, 5) is 10.9. The van der Waals surface area contributed by atoms with E-state index in [-0.39, 0.29) is 12.3 Å². The minimum atomic E-state index is -3.62. The predicted molar refractivity (Wildman–Crippen MR) is 93.0 cm³/mol. The van der Waals surface area contributed by atoms with E-state index in [9.17, 15) is 17.6 Å². The van der Waals surface area contributed by atoms with Gasteiger partial charge in [-0.05, 0) is 31.2 Å². The molecular formula is C14H18FN5O3S2. The molecule has 8 nitrogen and oxygen atoms in total. The quantitative estimate of drug-likeness (QED) is 0.676. The second-order valence-corrected chi connectivity index (χ2v) is 7.99. The second kappa shape index (κ2) is 7.83. The van der Waals surface area contributed by atoms with Crippen LogP contribution in [0.1, 0.15) is 12.7 Å². The first-order chi connectivity index (χ1) is 11.7. The number of sulfonamides is 1. The van der Waals surface area contributed by atoms with Gasteiger partial charge in [-0.1, -0.05) is 11.8 Å². The number of aromatic nitrogens is 3. The number of rotatable bonds is 8. The minimum Gasteiger partial charge on any atom is -0.369 e. The summed E-state index contributed by atoms with van der Waals surface area (Å²) in [7, 11) is -3.62. The number of carbonyl (C=O) groups is 1. The Labute approximate surface area is 149 Å². The third kappa shape index (κ3) is 4.92. The number of amides is 1. The number of nitrogens with two attached hydrogens (primary N) is 1. The summed E-state index contributed by atoms with van der Waals surface area (Å²) in [5, 5.41) is 8.49. The number of nitrogens with zero attached hydrogens (tertiary/aromatic N) is 4. The Morgan fingerprint density at radius 2 is 1.96 bits per heavy atom. The molecule has 0 radical (unpaired) electrons. The van der Waals surface area contributed by atoms with Crippen LogP contribution in [0, 0.1) is 5.82 Å². The van der Waals surface area contributed by atoms with Crippen LogP contribution in [-0.4, -0.2) is 41.1 Å². The zero-order valence-corrected chi connectivity index (χ0v) is 15.3. The fraction of sp³-hybridized carbons (Fsp3) is 0.357. The molecule has 1 aromatic heterocycles. The first kappa shape index (κ1) is 19.2. The van der Waals surface area contributed by atoms with E-state index in [1.54, 1.807) is 4.57 Å². The zero-order valence-electron chi connectivity index (χ0n) is 13.7. The van der Waals surface area contributed by atoms with E-state index < -0.39 is 21.7 Å². The third-order valence-corrected chi connectivity index (χ3v) is 5.38. The minimum absolute atomic E-state index is 0.0475. The summed E-state index contributed by atoms with van der Waals surface area (Å²) in [6.07, 6.45) is 1.06. The van der Waals surface area contributed by atoms with Gasteiger partial charge in [-0.3, -0.25) is 9.10 Å². The van der Waals surface area contributed by atoms with Gasteiger partial charge in [0.15, 0.2) is 11.0 Å². The molecule has 2 aromatic rings. The molecule has 0 atom stereocenters. The molecule has 0 aliphatic carbocycles. The molecule has 136 valence electrons. The van der Waals surface area contributed by atoms with Crippen LogP contribution in [0.3, 0.4) is 0 Å². The fourth-order valence-corrected chi connectivity index (χ4v) is 3.75. The van der Waals surface area contributed by atoms with Crippen LogP contribution in [-0.2, 0) is 27.9 Å². The van der Waals surface area contributed by atoms with Crippen molar-refractivity contribution < 1.29 is 17.6 Å². The maximum Gasteiger partial charge on any atom is 0.232 e. The molecule has 11 heteroatoms. The molecule has 1 amide bonds. The Morgan fingerprint density at radius 1 is 1.32 bits per heavy atom. The van der Waals surface area contributed by atoms with Gasteiger partial charge in [0, 0.05) is 6.54 Å². The van der Waals surface area contributed by atoms with Crippen LogP contribution in [0.5, 0.6) is 0 Å². The summed E-state index contributed by atoms with van der Waals surface area (Å²) < 4.78 is 40.2. The van der Waals surface area contributed by atoms with Gasteiger partial charge >= 0.3 is 0 Å². The number of halogens is 1. The third-order valence-electron chi connectivity index (χ3n) is 3.25. The molecule has 0 aliphatic heterocycles. The monoisotopic (exact) mass is 387 g/mol. The summed E-state index contributed by atoms with van der Waals surface area (Å²) in [5.74, 6) is -0.490. The summed E-state index contributed by atoms with van der Waals surface area (Å²) >= 11 is 1.13. The highest BCUT2D eigenvalue weighted by molar-refractivity contribution is 7.99. The molecule has 2 rings (SSSR count). The predicted octanol–water partition coefficient (Wildman–Crippen LogP) is 0.981. The van der Waals surface area contributed by atoms with Gasteiger partial charge in [-0.25, -0.2) is 12.8 Å². The van der Waals surface area contributed by atoms with Crippen molar-refractivity contribution in [2.24, 2.45) is 5.73 Å². The highest BCUT2D eigenvalue weighted by atomic mass is 32.2. The number of thioether (sulfide) groups is 1. The molecule has 0 fully saturated rings. The average molecular weight is 387 g/mol. The topological polar surface area (TPSA) is 111 Å². The normalized spacial score (nSPS) is 11.5. The molecule has 0 unspecified atom stereocenters. The lowest BCUT2D eigenvalue weighted by atomic mass is 10.3. The standard InChI is InChI=1S/C14H18FN5O3S2/c1-3-19-13(17-18-14(19)24-9-12(16)21)8-20(25(2,22)23)11-6-4-10(15)5-7-11/h4-7H,3,8-9H2,1-2H3,(H2,16,21). The Balaban J connectivity index is 2.33. The van der Waals surface area contributed by atoms with Gasteiger partial charge in [-0.2, -0.15) is 0 Å². The van der Waals surface area contributed by atoms with Gasteiger partial charge in [0.05, 0.1) is 24.2 Å². The number of hydrogen-bond acceptors (Lipinski definition) is 6. The van der Waals surface area contributed by atoms with Crippen molar-refractivity contribution in [3.63, 3.8) is 0 Å². The van der Waals surface area contributed by atoms with Gasteiger partial charge in [-0.15, -0.1) is 10.2 Å². The van der Waals surface area contributed by atoms with E-state index in [1.165, 1.54) is 24.3 Å². The zero-order chi connectivity index (χ0) is 18.6. The van der Waals surface area contributed by atoms with Gasteiger partial charge < -0.3 is 10.3 Å². The van der Waals surface area contributed by atoms with Crippen molar-refractivity contribution in [1.82, 2.24) is 14.8 Å². The van der Waals surface area contributed by atoms with Crippen molar-refractivity contribution in [3.8, 4) is 0 Å². The van der Waals surface area contributed by atoms with Crippen molar-refractivity contribution >= 4 is 33.4 Å². The van der Waals surface area contributed by atoms with E-state index in [0.717, 1.165) is 22.3 Å². The van der Waals surface area contributed by atoms with E-state index in [4.69, 9.17) is 5.73 Å². The van der Waals surface area contributed by atoms with Gasteiger partial charge in [0.2, 0.25) is 15.9 Å². The molecule has 0 spiro atoms. The molecule has 0 bridgehead atoms. The van der Waals surface area contributed by atoms with Crippen molar-refractivity contribution in [2.45, 2.75) is 25.2 Å². The van der Waals surface area contributed by atoms with Crippen LogP contribution in [0.15, 0.2) is 29.4 Å². The average Bonchev–Trinajstić information content (AvgIpc) is 2.92. The number of hydrogen-bond donors (Lipinski definition) is 1. The molecule has 1 heterocycles. The highest BCUT2D eigenvalue weighted by Crippen LogP contribution is 2.23. The Kier molecular flexibility index (Phi) is 6.01. The fourth-order valence-electron chi connectivity index (χ4n) is 2.13. The lowest BCUT2D eigenvalue weighted by Crippen LogP contribution is -2.30. The summed E-state index contributed by atoms with van der Waals surface area (Å²) in [6.45, 7) is 2.27. The molecule has 0 aliphatic rings. The van der Waals surface area contributed by atoms with Crippen LogP contribution >= 0.6 is 11.8 Å². The molecule has 0 saturated carbocycles. The van der Waals surface area contributed by atoms with E-state index in [1.807, 2.05) is 6.92 Å². The van der Waals surface area contributed by atoms with Crippen molar-refractivity contribution in [3.05, 3.63) is 35.9 Å². The number of primary amides is 1. The Hall–Kier alpha value is -2.14. The number of anilines is 1. The lowest BCUT2D eigenvalue weighted by Gasteiger charge is -2.22. The van der Waals surface area contributed by atoms with Gasteiger partial charge in [0.1, 0.15) is 5.82 Å². The summed E-state index contributed by atoms with van der Waals surface area (Å²) in [5.41, 5.74) is 5.45.